The van der Waals surface area contributed by atoms with E-state index in [4.69, 9.17) is 4.74 Å². The molecule has 0 aliphatic carbocycles. The van der Waals surface area contributed by atoms with Crippen molar-refractivity contribution >= 4 is 27.8 Å². The van der Waals surface area contributed by atoms with E-state index in [1.54, 1.807) is 36.4 Å². The lowest BCUT2D eigenvalue weighted by Crippen LogP contribution is -2.36. The molecule has 2 aromatic carbocycles. The molecule has 0 bridgehead atoms. The molecule has 24 heavy (non-hydrogen) atoms. The molecule has 0 aliphatic heterocycles. The van der Waals surface area contributed by atoms with Crippen molar-refractivity contribution in [2.75, 3.05) is 6.54 Å². The van der Waals surface area contributed by atoms with Crippen molar-refractivity contribution in [2.45, 2.75) is 19.4 Å². The van der Waals surface area contributed by atoms with E-state index in [0.717, 1.165) is 10.0 Å². The summed E-state index contributed by atoms with van der Waals surface area (Å²) in [5.74, 6) is -1.22. The molecule has 1 N–H and O–H groups in total. The Labute approximate surface area is 148 Å². The molecule has 0 heterocycles. The fourth-order valence-electron chi connectivity index (χ4n) is 1.99. The van der Waals surface area contributed by atoms with Gasteiger partial charge in [0.05, 0.1) is 5.56 Å². The topological polar surface area (TPSA) is 55.4 Å². The van der Waals surface area contributed by atoms with Crippen LogP contribution in [0.3, 0.4) is 0 Å². The molecular formula is C18H17BrFNO3. The monoisotopic (exact) mass is 393 g/mol. The smallest absolute Gasteiger partial charge is 0.338 e. The van der Waals surface area contributed by atoms with E-state index in [1.165, 1.54) is 19.1 Å². The molecule has 0 saturated heterocycles. The highest BCUT2D eigenvalue weighted by atomic mass is 79.9. The molecule has 0 radical (unpaired) electrons. The second-order valence-corrected chi connectivity index (χ2v) is 6.14. The largest absolute Gasteiger partial charge is 0.449 e. The number of amides is 1. The van der Waals surface area contributed by atoms with E-state index in [1.807, 2.05) is 0 Å². The summed E-state index contributed by atoms with van der Waals surface area (Å²) in [5.41, 5.74) is 1.29. The predicted octanol–water partition coefficient (Wildman–Crippen LogP) is 3.49. The number of benzene rings is 2. The maximum absolute atomic E-state index is 12.8. The molecule has 1 amide bonds. The molecule has 4 nitrogen and oxygen atoms in total. The maximum atomic E-state index is 12.8. The van der Waals surface area contributed by atoms with Crippen molar-refractivity contribution in [1.82, 2.24) is 5.32 Å². The molecule has 2 aromatic rings. The first kappa shape index (κ1) is 18.1. The van der Waals surface area contributed by atoms with Gasteiger partial charge in [-0.05, 0) is 55.3 Å². The Morgan fingerprint density at radius 2 is 1.75 bits per heavy atom. The van der Waals surface area contributed by atoms with Gasteiger partial charge < -0.3 is 10.1 Å². The van der Waals surface area contributed by atoms with Crippen molar-refractivity contribution in [1.29, 1.82) is 0 Å². The first-order valence-corrected chi connectivity index (χ1v) is 8.23. The average molecular weight is 394 g/mol. The third-order valence-corrected chi connectivity index (χ3v) is 3.89. The van der Waals surface area contributed by atoms with Gasteiger partial charge in [0.15, 0.2) is 6.10 Å². The van der Waals surface area contributed by atoms with E-state index < -0.39 is 12.1 Å². The number of carbonyl (C=O) groups is 2. The standard InChI is InChI=1S/C18H17BrFNO3/c1-12(24-18(23)14-4-6-15(19)7-5-14)17(22)21-11-10-13-2-8-16(20)9-3-13/h2-9,12H,10-11H2,1H3,(H,21,22). The van der Waals surface area contributed by atoms with Crippen molar-refractivity contribution in [3.05, 3.63) is 69.9 Å². The summed E-state index contributed by atoms with van der Waals surface area (Å²) in [4.78, 5) is 23.9. The number of hydrogen-bond acceptors (Lipinski definition) is 3. The minimum atomic E-state index is -0.894. The van der Waals surface area contributed by atoms with Crippen LogP contribution in [0.4, 0.5) is 4.39 Å². The van der Waals surface area contributed by atoms with Crippen LogP contribution in [0.25, 0.3) is 0 Å². The Morgan fingerprint density at radius 3 is 2.38 bits per heavy atom. The lowest BCUT2D eigenvalue weighted by molar-refractivity contribution is -0.129. The van der Waals surface area contributed by atoms with Gasteiger partial charge in [0.25, 0.3) is 5.91 Å². The second-order valence-electron chi connectivity index (χ2n) is 5.22. The highest BCUT2D eigenvalue weighted by Crippen LogP contribution is 2.12. The van der Waals surface area contributed by atoms with Crippen molar-refractivity contribution in [3.8, 4) is 0 Å². The second kappa shape index (κ2) is 8.59. The van der Waals surface area contributed by atoms with Gasteiger partial charge >= 0.3 is 5.97 Å². The Kier molecular flexibility index (Phi) is 6.49. The molecule has 0 aromatic heterocycles. The molecule has 1 unspecified atom stereocenters. The molecule has 0 aliphatic rings. The fourth-order valence-corrected chi connectivity index (χ4v) is 2.26. The highest BCUT2D eigenvalue weighted by molar-refractivity contribution is 9.10. The van der Waals surface area contributed by atoms with Crippen LogP contribution < -0.4 is 5.32 Å². The van der Waals surface area contributed by atoms with Gasteiger partial charge in [-0.2, -0.15) is 0 Å². The van der Waals surface area contributed by atoms with E-state index in [0.29, 0.717) is 18.5 Å². The lowest BCUT2D eigenvalue weighted by atomic mass is 10.1. The van der Waals surface area contributed by atoms with Crippen LogP contribution in [-0.4, -0.2) is 24.5 Å². The fraction of sp³-hybridized carbons (Fsp3) is 0.222. The van der Waals surface area contributed by atoms with Crippen molar-refractivity contribution < 1.29 is 18.7 Å². The van der Waals surface area contributed by atoms with Crippen LogP contribution in [0.1, 0.15) is 22.8 Å². The van der Waals surface area contributed by atoms with E-state index in [2.05, 4.69) is 21.2 Å². The van der Waals surface area contributed by atoms with Crippen LogP contribution in [0.5, 0.6) is 0 Å². The van der Waals surface area contributed by atoms with Crippen molar-refractivity contribution in [2.24, 2.45) is 0 Å². The number of halogens is 2. The number of esters is 1. The minimum absolute atomic E-state index is 0.295. The highest BCUT2D eigenvalue weighted by Gasteiger charge is 2.18. The molecule has 0 saturated carbocycles. The quantitative estimate of drug-likeness (QED) is 0.764. The molecule has 0 fully saturated rings. The van der Waals surface area contributed by atoms with Gasteiger partial charge in [0.2, 0.25) is 0 Å². The minimum Gasteiger partial charge on any atom is -0.449 e. The van der Waals surface area contributed by atoms with Crippen LogP contribution in [0, 0.1) is 5.82 Å². The third-order valence-electron chi connectivity index (χ3n) is 3.36. The molecule has 1 atom stereocenters. The first-order valence-electron chi connectivity index (χ1n) is 7.44. The van der Waals surface area contributed by atoms with Gasteiger partial charge in [-0.1, -0.05) is 28.1 Å². The molecule has 2 rings (SSSR count). The van der Waals surface area contributed by atoms with Gasteiger partial charge in [-0.15, -0.1) is 0 Å². The van der Waals surface area contributed by atoms with Crippen LogP contribution in [0.2, 0.25) is 0 Å². The molecular weight excluding hydrogens is 377 g/mol. The Bertz CT molecular complexity index is 701. The van der Waals surface area contributed by atoms with Gasteiger partial charge in [-0.25, -0.2) is 9.18 Å². The van der Waals surface area contributed by atoms with Gasteiger partial charge in [0, 0.05) is 11.0 Å². The lowest BCUT2D eigenvalue weighted by Gasteiger charge is -2.13. The number of carbonyl (C=O) groups excluding carboxylic acids is 2. The van der Waals surface area contributed by atoms with Crippen LogP contribution >= 0.6 is 15.9 Å². The van der Waals surface area contributed by atoms with Crippen LogP contribution in [0.15, 0.2) is 53.0 Å². The number of rotatable bonds is 6. The molecule has 0 spiro atoms. The zero-order valence-electron chi connectivity index (χ0n) is 13.1. The summed E-state index contributed by atoms with van der Waals surface area (Å²) >= 11 is 3.28. The molecule has 6 heteroatoms. The van der Waals surface area contributed by atoms with E-state index >= 15 is 0 Å². The summed E-state index contributed by atoms with van der Waals surface area (Å²) in [7, 11) is 0. The zero-order chi connectivity index (χ0) is 17.5. The van der Waals surface area contributed by atoms with Crippen LogP contribution in [-0.2, 0) is 16.0 Å². The normalized spacial score (nSPS) is 11.6. The first-order chi connectivity index (χ1) is 11.5. The van der Waals surface area contributed by atoms with Gasteiger partial charge in [0.1, 0.15) is 5.82 Å². The van der Waals surface area contributed by atoms with E-state index in [9.17, 15) is 14.0 Å². The summed E-state index contributed by atoms with van der Waals surface area (Å²) in [6.07, 6.45) is -0.325. The SMILES string of the molecule is CC(OC(=O)c1ccc(Br)cc1)C(=O)NCCc1ccc(F)cc1. The number of ether oxygens (including phenoxy) is 1. The Hall–Kier alpha value is -2.21. The Balaban J connectivity index is 1.78. The average Bonchev–Trinajstić information content (AvgIpc) is 2.57. The summed E-state index contributed by atoms with van der Waals surface area (Å²) < 4.78 is 18.8. The Morgan fingerprint density at radius 1 is 1.12 bits per heavy atom. The summed E-state index contributed by atoms with van der Waals surface area (Å²) in [5, 5.41) is 2.69. The number of nitrogens with one attached hydrogen (secondary N) is 1. The maximum Gasteiger partial charge on any atom is 0.338 e. The predicted molar refractivity (Wildman–Crippen MR) is 92.1 cm³/mol. The third kappa shape index (κ3) is 5.45. The van der Waals surface area contributed by atoms with E-state index in [-0.39, 0.29) is 11.7 Å². The summed E-state index contributed by atoms with van der Waals surface area (Å²) in [6.45, 7) is 1.90. The van der Waals surface area contributed by atoms with Gasteiger partial charge in [-0.3, -0.25) is 4.79 Å². The van der Waals surface area contributed by atoms with Crippen molar-refractivity contribution in [3.63, 3.8) is 0 Å². The summed E-state index contributed by atoms with van der Waals surface area (Å²) in [6, 6.07) is 12.8. The number of hydrogen-bond donors (Lipinski definition) is 1. The molecule has 126 valence electrons. The zero-order valence-corrected chi connectivity index (χ0v) is 14.7.